The van der Waals surface area contributed by atoms with Crippen LogP contribution < -0.4 is 5.32 Å². The van der Waals surface area contributed by atoms with Gasteiger partial charge in [-0.15, -0.1) is 0 Å². The third-order valence-corrected chi connectivity index (χ3v) is 3.40. The van der Waals surface area contributed by atoms with Crippen LogP contribution in [0.4, 0.5) is 0 Å². The van der Waals surface area contributed by atoms with E-state index in [9.17, 15) is 14.4 Å². The lowest BCUT2D eigenvalue weighted by atomic mass is 10.0. The van der Waals surface area contributed by atoms with Gasteiger partial charge in [-0.1, -0.05) is 25.3 Å². The van der Waals surface area contributed by atoms with E-state index in [-0.39, 0.29) is 11.5 Å². The fourth-order valence-corrected chi connectivity index (χ4v) is 2.43. The van der Waals surface area contributed by atoms with Gasteiger partial charge in [-0.2, -0.15) is 0 Å². The molecule has 2 rings (SSSR count). The Labute approximate surface area is 129 Å². The second-order valence-electron chi connectivity index (χ2n) is 4.65. The third kappa shape index (κ3) is 3.07. The summed E-state index contributed by atoms with van der Waals surface area (Å²) in [7, 11) is 1.00. The van der Waals surface area contributed by atoms with Gasteiger partial charge in [0.1, 0.15) is 6.04 Å². The number of rotatable bonds is 2. The Morgan fingerprint density at radius 2 is 1.82 bits per heavy atom. The molecular weight excluding hydrogens is 284 g/mol. The molecule has 0 spiro atoms. The van der Waals surface area contributed by atoms with Crippen LogP contribution in [0.1, 0.15) is 19.8 Å². The monoisotopic (exact) mass is 304 g/mol. The molecule has 0 saturated carbocycles. The fourth-order valence-electron chi connectivity index (χ4n) is 2.43. The second kappa shape index (κ2) is 7.51. The molecule has 2 aliphatic rings. The van der Waals surface area contributed by atoms with E-state index < -0.39 is 17.9 Å². The summed E-state index contributed by atoms with van der Waals surface area (Å²) in [5, 5.41) is 9.59. The van der Waals surface area contributed by atoms with Crippen LogP contribution in [0.3, 0.4) is 0 Å². The van der Waals surface area contributed by atoms with Gasteiger partial charge < -0.3 is 10.4 Å². The van der Waals surface area contributed by atoms with E-state index >= 15 is 0 Å². The van der Waals surface area contributed by atoms with Crippen LogP contribution in [0.5, 0.6) is 0 Å². The molecule has 118 valence electrons. The number of carbonyl (C=O) groups excluding carboxylic acids is 3. The predicted octanol–water partition coefficient (Wildman–Crippen LogP) is 0.815. The lowest BCUT2D eigenvalue weighted by molar-refractivity contribution is -0.145. The zero-order valence-corrected chi connectivity index (χ0v) is 12.8. The topological polar surface area (TPSA) is 86.7 Å². The molecule has 22 heavy (non-hydrogen) atoms. The largest absolute Gasteiger partial charge is 0.400 e. The Kier molecular flexibility index (Phi) is 6.00. The van der Waals surface area contributed by atoms with E-state index in [1.807, 2.05) is 0 Å². The van der Waals surface area contributed by atoms with Crippen LogP contribution in [0, 0.1) is 0 Å². The van der Waals surface area contributed by atoms with Crippen molar-refractivity contribution >= 4 is 17.7 Å². The van der Waals surface area contributed by atoms with Gasteiger partial charge in [0.2, 0.25) is 5.91 Å². The third-order valence-electron chi connectivity index (χ3n) is 3.40. The molecular formula is C16H20N2O4. The highest BCUT2D eigenvalue weighted by Gasteiger charge is 2.45. The Balaban J connectivity index is 0.00000116. The first-order valence-electron chi connectivity index (χ1n) is 6.82. The maximum Gasteiger partial charge on any atom is 0.262 e. The number of likely N-dealkylation sites (tertiary alicyclic amines) is 1. The van der Waals surface area contributed by atoms with Crippen molar-refractivity contribution in [3.8, 4) is 0 Å². The average molecular weight is 304 g/mol. The minimum absolute atomic E-state index is 0.282. The number of piperidine rings is 1. The Morgan fingerprint density at radius 1 is 1.23 bits per heavy atom. The number of allylic oxidation sites excluding steroid dienone is 4. The number of nitrogens with one attached hydrogen (secondary N) is 1. The first-order valence-corrected chi connectivity index (χ1v) is 6.82. The van der Waals surface area contributed by atoms with Crippen LogP contribution in [-0.2, 0) is 14.4 Å². The fraction of sp³-hybridized carbons (Fsp3) is 0.312. The summed E-state index contributed by atoms with van der Waals surface area (Å²) in [5.41, 5.74) is 1.20. The van der Waals surface area contributed by atoms with Crippen LogP contribution >= 0.6 is 0 Å². The minimum atomic E-state index is -0.772. The van der Waals surface area contributed by atoms with Gasteiger partial charge in [0.25, 0.3) is 11.8 Å². The highest BCUT2D eigenvalue weighted by Crippen LogP contribution is 2.29. The normalized spacial score (nSPS) is 25.2. The summed E-state index contributed by atoms with van der Waals surface area (Å²) < 4.78 is 0. The van der Waals surface area contributed by atoms with Crippen LogP contribution in [0.25, 0.3) is 0 Å². The number of nitrogens with zero attached hydrogens (tertiary/aromatic N) is 1. The van der Waals surface area contributed by atoms with Gasteiger partial charge in [0, 0.05) is 18.4 Å². The lowest BCUT2D eigenvalue weighted by Crippen LogP contribution is -2.51. The molecule has 2 N–H and O–H groups in total. The molecule has 0 aromatic heterocycles. The maximum atomic E-state index is 12.3. The highest BCUT2D eigenvalue weighted by molar-refractivity contribution is 6.26. The summed E-state index contributed by atoms with van der Waals surface area (Å²) >= 11 is 0. The number of hydrogen-bond donors (Lipinski definition) is 2. The molecule has 0 aromatic carbocycles. The van der Waals surface area contributed by atoms with E-state index in [1.165, 1.54) is 12.2 Å². The molecule has 6 heteroatoms. The number of carbonyl (C=O) groups is 3. The van der Waals surface area contributed by atoms with E-state index in [1.54, 1.807) is 13.0 Å². The van der Waals surface area contributed by atoms with Gasteiger partial charge >= 0.3 is 0 Å². The number of aliphatic hydroxyl groups excluding tert-OH is 1. The smallest absolute Gasteiger partial charge is 0.262 e. The molecule has 2 fully saturated rings. The van der Waals surface area contributed by atoms with Crippen molar-refractivity contribution < 1.29 is 19.5 Å². The Bertz CT molecular complexity index is 587. The lowest BCUT2D eigenvalue weighted by Gasteiger charge is -2.29. The summed E-state index contributed by atoms with van der Waals surface area (Å²) in [6.07, 6.45) is 5.49. The molecule has 0 radical (unpaired) electrons. The molecule has 0 aromatic rings. The minimum Gasteiger partial charge on any atom is -0.400 e. The standard InChI is InChI=1S/C15H16N2O3.CH4O/c1-4-6-11-10(5-2)14(19)17(15(11)20)12-8-7-9(3)16-13(12)18;1-2/h4-6,12H,1,3,7-8H2,2H3,(H,16,18);2H,1H3/b10-5+,11-6+;. The molecule has 1 atom stereocenters. The SMILES string of the molecule is C=C/C=C1/C(=O)N(C2CCC(=C)NC2=O)C(=O)/C1=C/C.CO. The molecule has 6 nitrogen and oxygen atoms in total. The van der Waals surface area contributed by atoms with Crippen molar-refractivity contribution in [2.45, 2.75) is 25.8 Å². The zero-order valence-electron chi connectivity index (χ0n) is 12.8. The highest BCUT2D eigenvalue weighted by atomic mass is 16.2. The number of aliphatic hydroxyl groups is 1. The van der Waals surface area contributed by atoms with Crippen molar-refractivity contribution in [2.24, 2.45) is 0 Å². The van der Waals surface area contributed by atoms with E-state index in [4.69, 9.17) is 5.11 Å². The van der Waals surface area contributed by atoms with Crippen molar-refractivity contribution in [3.05, 3.63) is 48.2 Å². The number of imide groups is 1. The first kappa shape index (κ1) is 17.6. The Morgan fingerprint density at radius 3 is 2.32 bits per heavy atom. The summed E-state index contributed by atoms with van der Waals surface area (Å²) in [5.74, 6) is -1.24. The molecule has 0 aliphatic carbocycles. The van der Waals surface area contributed by atoms with Crippen molar-refractivity contribution in [2.75, 3.05) is 7.11 Å². The quantitative estimate of drug-likeness (QED) is 0.584. The van der Waals surface area contributed by atoms with Gasteiger partial charge in [-0.05, 0) is 25.8 Å². The van der Waals surface area contributed by atoms with Crippen LogP contribution in [-0.4, -0.2) is 40.9 Å². The van der Waals surface area contributed by atoms with Crippen molar-refractivity contribution in [3.63, 3.8) is 0 Å². The van der Waals surface area contributed by atoms with E-state index in [0.29, 0.717) is 24.1 Å². The van der Waals surface area contributed by atoms with Crippen LogP contribution in [0.15, 0.2) is 48.2 Å². The maximum absolute atomic E-state index is 12.3. The van der Waals surface area contributed by atoms with E-state index in [0.717, 1.165) is 12.0 Å². The number of hydrogen-bond acceptors (Lipinski definition) is 4. The molecule has 3 amide bonds. The summed E-state index contributed by atoms with van der Waals surface area (Å²) in [6, 6.07) is -0.772. The summed E-state index contributed by atoms with van der Waals surface area (Å²) in [4.78, 5) is 37.7. The van der Waals surface area contributed by atoms with Crippen molar-refractivity contribution in [1.29, 1.82) is 0 Å². The summed E-state index contributed by atoms with van der Waals surface area (Å²) in [6.45, 7) is 8.91. The molecule has 2 heterocycles. The average Bonchev–Trinajstić information content (AvgIpc) is 2.73. The van der Waals surface area contributed by atoms with Crippen molar-refractivity contribution in [1.82, 2.24) is 10.2 Å². The molecule has 0 bridgehead atoms. The molecule has 1 unspecified atom stereocenters. The van der Waals surface area contributed by atoms with Gasteiger partial charge in [-0.3, -0.25) is 19.3 Å². The van der Waals surface area contributed by atoms with Gasteiger partial charge in [0.15, 0.2) is 0 Å². The Hall–Kier alpha value is -2.47. The first-order chi connectivity index (χ1) is 10.5. The number of amides is 3. The van der Waals surface area contributed by atoms with Gasteiger partial charge in [0.05, 0.1) is 5.57 Å². The second-order valence-corrected chi connectivity index (χ2v) is 4.65. The molecule has 2 aliphatic heterocycles. The van der Waals surface area contributed by atoms with E-state index in [2.05, 4.69) is 18.5 Å². The molecule has 2 saturated heterocycles. The van der Waals surface area contributed by atoms with Crippen LogP contribution in [0.2, 0.25) is 0 Å². The predicted molar refractivity (Wildman–Crippen MR) is 82.3 cm³/mol. The van der Waals surface area contributed by atoms with Gasteiger partial charge in [-0.25, -0.2) is 0 Å². The zero-order chi connectivity index (χ0) is 16.9.